The second-order valence-corrected chi connectivity index (χ2v) is 9.12. The predicted molar refractivity (Wildman–Crippen MR) is 147 cm³/mol. The van der Waals surface area contributed by atoms with E-state index >= 15 is 0 Å². The number of aliphatic carboxylic acids is 1. The number of aromatic nitrogens is 1. The van der Waals surface area contributed by atoms with Crippen molar-refractivity contribution in [1.82, 2.24) is 10.3 Å². The van der Waals surface area contributed by atoms with Crippen molar-refractivity contribution in [3.63, 3.8) is 0 Å². The van der Waals surface area contributed by atoms with Crippen LogP contribution in [0.1, 0.15) is 50.6 Å². The van der Waals surface area contributed by atoms with Crippen molar-refractivity contribution >= 4 is 17.6 Å². The molecule has 7 heteroatoms. The Hall–Kier alpha value is -4.78. The van der Waals surface area contributed by atoms with E-state index in [1.54, 1.807) is 18.3 Å². The van der Waals surface area contributed by atoms with Crippen molar-refractivity contribution in [3.8, 4) is 11.1 Å². The Morgan fingerprint density at radius 2 is 1.55 bits per heavy atom. The Kier molecular flexibility index (Phi) is 8.28. The van der Waals surface area contributed by atoms with Crippen molar-refractivity contribution in [2.75, 3.05) is 6.54 Å². The highest BCUT2D eigenvalue weighted by Gasteiger charge is 2.20. The lowest BCUT2D eigenvalue weighted by molar-refractivity contribution is -0.135. The molecule has 0 unspecified atom stereocenters. The summed E-state index contributed by atoms with van der Waals surface area (Å²) in [5.41, 5.74) is 7.98. The van der Waals surface area contributed by atoms with Crippen LogP contribution in [0.5, 0.6) is 0 Å². The zero-order valence-electron chi connectivity index (χ0n) is 21.3. The maximum atomic E-state index is 12.1. The number of rotatable bonds is 9. The lowest BCUT2D eigenvalue weighted by Crippen LogP contribution is -2.29. The highest BCUT2D eigenvalue weighted by atomic mass is 16.4. The number of nitrogens with zero attached hydrogens (tertiary/aromatic N) is 2. The number of nitrogens with one attached hydrogen (secondary N) is 1. The van der Waals surface area contributed by atoms with Crippen molar-refractivity contribution < 1.29 is 19.9 Å². The number of aryl methyl sites for hydroxylation is 2. The third-order valence-corrected chi connectivity index (χ3v) is 6.51. The van der Waals surface area contributed by atoms with Crippen molar-refractivity contribution in [2.45, 2.75) is 26.2 Å². The van der Waals surface area contributed by atoms with Gasteiger partial charge in [-0.2, -0.15) is 0 Å². The number of amides is 1. The fraction of sp³-hybridized carbons (Fsp3) is 0.161. The minimum atomic E-state index is -1.09. The molecular weight excluding hydrogens is 478 g/mol. The summed E-state index contributed by atoms with van der Waals surface area (Å²) in [5, 5.41) is 24.7. The summed E-state index contributed by atoms with van der Waals surface area (Å²) >= 11 is 0. The number of pyridine rings is 1. The van der Waals surface area contributed by atoms with Crippen LogP contribution >= 0.6 is 0 Å². The van der Waals surface area contributed by atoms with Gasteiger partial charge in [0, 0.05) is 35.4 Å². The first-order valence-corrected chi connectivity index (χ1v) is 12.3. The standard InChI is InChI=1S/C31H29N3O4/c1-20-5-3-4-6-27(20)28(18-29(34-38)26-15-16-32-21(2)17-26)24-11-7-22(8-12-24)23-9-13-25(14-10-23)31(37)33-19-30(35)36/h3-17,28,38H,18-19H2,1-2H3,(H,33,37)(H,35,36)/b34-29-/t28-/m1/s1. The molecule has 0 saturated carbocycles. The molecule has 0 spiro atoms. The summed E-state index contributed by atoms with van der Waals surface area (Å²) in [6.07, 6.45) is 2.22. The largest absolute Gasteiger partial charge is 0.480 e. The summed E-state index contributed by atoms with van der Waals surface area (Å²) in [6.45, 7) is 3.57. The number of carboxylic acid groups (broad SMARTS) is 1. The van der Waals surface area contributed by atoms with Gasteiger partial charge < -0.3 is 15.6 Å². The van der Waals surface area contributed by atoms with Gasteiger partial charge in [-0.15, -0.1) is 0 Å². The van der Waals surface area contributed by atoms with Gasteiger partial charge in [0.2, 0.25) is 0 Å². The van der Waals surface area contributed by atoms with Crippen molar-refractivity contribution in [1.29, 1.82) is 0 Å². The normalized spacial score (nSPS) is 12.1. The summed E-state index contributed by atoms with van der Waals surface area (Å²) in [6, 6.07) is 27.2. The number of carbonyl (C=O) groups excluding carboxylic acids is 1. The molecule has 1 heterocycles. The van der Waals surface area contributed by atoms with Crippen molar-refractivity contribution in [2.24, 2.45) is 5.16 Å². The molecule has 0 fully saturated rings. The zero-order valence-corrected chi connectivity index (χ0v) is 21.3. The van der Waals surface area contributed by atoms with E-state index < -0.39 is 18.4 Å². The number of hydrogen-bond donors (Lipinski definition) is 3. The first kappa shape index (κ1) is 26.3. The van der Waals surface area contributed by atoms with E-state index in [1.807, 2.05) is 55.5 Å². The summed E-state index contributed by atoms with van der Waals surface area (Å²) in [7, 11) is 0. The highest BCUT2D eigenvalue weighted by molar-refractivity contribution is 6.01. The minimum absolute atomic E-state index is 0.0371. The number of oxime groups is 1. The van der Waals surface area contributed by atoms with Crippen LogP contribution in [0.3, 0.4) is 0 Å². The second-order valence-electron chi connectivity index (χ2n) is 9.12. The quantitative estimate of drug-likeness (QED) is 0.156. The van der Waals surface area contributed by atoms with Crippen LogP contribution in [0.4, 0.5) is 0 Å². The molecule has 192 valence electrons. The van der Waals surface area contributed by atoms with E-state index in [2.05, 4.69) is 46.6 Å². The molecule has 0 radical (unpaired) electrons. The average molecular weight is 508 g/mol. The van der Waals surface area contributed by atoms with Gasteiger partial charge in [0.1, 0.15) is 6.54 Å². The molecule has 38 heavy (non-hydrogen) atoms. The zero-order chi connectivity index (χ0) is 27.1. The van der Waals surface area contributed by atoms with E-state index in [0.717, 1.165) is 39.1 Å². The Bertz CT molecular complexity index is 1460. The molecule has 1 amide bonds. The van der Waals surface area contributed by atoms with Crippen LogP contribution in [-0.4, -0.2) is 39.4 Å². The van der Waals surface area contributed by atoms with Gasteiger partial charge in [-0.1, -0.05) is 65.8 Å². The van der Waals surface area contributed by atoms with E-state index in [0.29, 0.717) is 17.7 Å². The van der Waals surface area contributed by atoms with Crippen LogP contribution in [0, 0.1) is 13.8 Å². The fourth-order valence-corrected chi connectivity index (χ4v) is 4.50. The minimum Gasteiger partial charge on any atom is -0.480 e. The van der Waals surface area contributed by atoms with Gasteiger partial charge in [-0.05, 0) is 65.9 Å². The molecule has 0 saturated heterocycles. The highest BCUT2D eigenvalue weighted by Crippen LogP contribution is 2.33. The van der Waals surface area contributed by atoms with Crippen LogP contribution in [0.2, 0.25) is 0 Å². The van der Waals surface area contributed by atoms with E-state index in [9.17, 15) is 14.8 Å². The Morgan fingerprint density at radius 1 is 0.895 bits per heavy atom. The van der Waals surface area contributed by atoms with Gasteiger partial charge in [0.05, 0.1) is 5.71 Å². The molecule has 0 aliphatic carbocycles. The maximum absolute atomic E-state index is 12.1. The molecule has 4 aromatic rings. The number of carboxylic acids is 1. The number of carbonyl (C=O) groups is 2. The van der Waals surface area contributed by atoms with Gasteiger partial charge in [0.25, 0.3) is 5.91 Å². The first-order valence-electron chi connectivity index (χ1n) is 12.3. The Labute approximate surface area is 221 Å². The van der Waals surface area contributed by atoms with E-state index in [1.165, 1.54) is 0 Å². The van der Waals surface area contributed by atoms with E-state index in [4.69, 9.17) is 5.11 Å². The van der Waals surface area contributed by atoms with Crippen molar-refractivity contribution in [3.05, 3.63) is 125 Å². The maximum Gasteiger partial charge on any atom is 0.322 e. The number of hydrogen-bond acceptors (Lipinski definition) is 5. The number of benzene rings is 3. The third kappa shape index (κ3) is 6.31. The lowest BCUT2D eigenvalue weighted by Gasteiger charge is -2.21. The second kappa shape index (κ2) is 12.0. The predicted octanol–water partition coefficient (Wildman–Crippen LogP) is 5.58. The van der Waals surface area contributed by atoms with Crippen LogP contribution < -0.4 is 5.32 Å². The third-order valence-electron chi connectivity index (χ3n) is 6.51. The summed E-state index contributed by atoms with van der Waals surface area (Å²) < 4.78 is 0. The first-order chi connectivity index (χ1) is 18.4. The molecular formula is C31H29N3O4. The smallest absolute Gasteiger partial charge is 0.322 e. The van der Waals surface area contributed by atoms with Gasteiger partial charge in [0.15, 0.2) is 0 Å². The van der Waals surface area contributed by atoms with Gasteiger partial charge in [-0.3, -0.25) is 14.6 Å². The molecule has 0 aliphatic rings. The SMILES string of the molecule is Cc1cc(/C(C[C@H](c2ccc(-c3ccc(C(=O)NCC(=O)O)cc3)cc2)c2ccccc2C)=N\O)ccn1. The monoisotopic (exact) mass is 507 g/mol. The summed E-state index contributed by atoms with van der Waals surface area (Å²) in [5.74, 6) is -1.56. The van der Waals surface area contributed by atoms with Crippen LogP contribution in [0.25, 0.3) is 11.1 Å². The molecule has 1 atom stereocenters. The molecule has 3 N–H and O–H groups in total. The Balaban J connectivity index is 1.61. The van der Waals surface area contributed by atoms with Crippen LogP contribution in [0.15, 0.2) is 96.3 Å². The Morgan fingerprint density at radius 3 is 2.16 bits per heavy atom. The topological polar surface area (TPSA) is 112 Å². The molecule has 7 nitrogen and oxygen atoms in total. The lowest BCUT2D eigenvalue weighted by atomic mass is 9.83. The van der Waals surface area contributed by atoms with Crippen LogP contribution in [-0.2, 0) is 4.79 Å². The molecule has 4 rings (SSSR count). The van der Waals surface area contributed by atoms with Gasteiger partial charge in [-0.25, -0.2) is 0 Å². The van der Waals surface area contributed by atoms with E-state index in [-0.39, 0.29) is 5.92 Å². The summed E-state index contributed by atoms with van der Waals surface area (Å²) in [4.78, 5) is 27.0. The molecule has 0 bridgehead atoms. The van der Waals surface area contributed by atoms with Gasteiger partial charge >= 0.3 is 5.97 Å². The molecule has 1 aromatic heterocycles. The molecule has 0 aliphatic heterocycles. The average Bonchev–Trinajstić information content (AvgIpc) is 2.93. The fourth-order valence-electron chi connectivity index (χ4n) is 4.50. The molecule has 3 aromatic carbocycles.